The Morgan fingerprint density at radius 2 is 1.85 bits per heavy atom. The fourth-order valence-corrected chi connectivity index (χ4v) is 5.37. The Labute approximate surface area is 222 Å². The molecule has 4 heterocycles. The first-order chi connectivity index (χ1) is 19.0. The molecule has 1 aliphatic rings. The summed E-state index contributed by atoms with van der Waals surface area (Å²) < 4.78 is 93.3. The van der Waals surface area contributed by atoms with Crippen LogP contribution in [0.25, 0.3) is 27.7 Å². The normalized spacial score (nSPS) is 13.3. The second kappa shape index (κ2) is 9.12. The number of pyridine rings is 1. The van der Waals surface area contributed by atoms with Crippen molar-refractivity contribution < 1.29 is 35.9 Å². The van der Waals surface area contributed by atoms with Gasteiger partial charge in [-0.25, -0.2) is 18.2 Å². The molecule has 2 aromatic carbocycles. The molecule has 1 N–H and O–H groups in total. The van der Waals surface area contributed by atoms with Crippen molar-refractivity contribution in [3.05, 3.63) is 88.3 Å². The predicted molar refractivity (Wildman–Crippen MR) is 135 cm³/mol. The van der Waals surface area contributed by atoms with Crippen LogP contribution in [0.2, 0.25) is 0 Å². The molecular formula is C28H20F6N4O2. The summed E-state index contributed by atoms with van der Waals surface area (Å²) in [6, 6.07) is 6.73. The van der Waals surface area contributed by atoms with E-state index in [4.69, 9.17) is 4.74 Å². The van der Waals surface area contributed by atoms with Gasteiger partial charge in [0.05, 0.1) is 28.0 Å². The average Bonchev–Trinajstić information content (AvgIpc) is 3.42. The lowest BCUT2D eigenvalue weighted by molar-refractivity contribution is -0.137. The number of nitrogens with zero attached hydrogens (tertiary/aromatic N) is 3. The molecule has 5 aromatic rings. The Morgan fingerprint density at radius 3 is 2.52 bits per heavy atom. The zero-order valence-corrected chi connectivity index (χ0v) is 21.1. The van der Waals surface area contributed by atoms with Gasteiger partial charge in [-0.1, -0.05) is 6.07 Å². The number of ether oxygens (including phenoxy) is 1. The van der Waals surface area contributed by atoms with Gasteiger partial charge in [0.15, 0.2) is 17.5 Å². The number of hydrogen-bond donors (Lipinski definition) is 1. The van der Waals surface area contributed by atoms with Gasteiger partial charge < -0.3 is 19.0 Å². The van der Waals surface area contributed by atoms with E-state index in [1.165, 1.54) is 35.9 Å². The number of benzene rings is 2. The summed E-state index contributed by atoms with van der Waals surface area (Å²) in [6.07, 6.45) is -2.94. The number of hydrogen-bond acceptors (Lipinski definition) is 4. The molecular weight excluding hydrogens is 538 g/mol. The van der Waals surface area contributed by atoms with E-state index in [1.807, 2.05) is 0 Å². The highest BCUT2D eigenvalue weighted by Crippen LogP contribution is 2.47. The molecule has 0 unspecified atom stereocenters. The van der Waals surface area contributed by atoms with Crippen molar-refractivity contribution in [1.82, 2.24) is 14.0 Å². The molecule has 6 nitrogen and oxygen atoms in total. The van der Waals surface area contributed by atoms with E-state index in [2.05, 4.69) is 10.3 Å². The van der Waals surface area contributed by atoms with E-state index < -0.39 is 40.5 Å². The lowest BCUT2D eigenvalue weighted by atomic mass is 9.93. The van der Waals surface area contributed by atoms with Gasteiger partial charge in [-0.15, -0.1) is 0 Å². The molecule has 0 saturated carbocycles. The van der Waals surface area contributed by atoms with Crippen LogP contribution < -0.4 is 5.32 Å². The number of aryl methyl sites for hydroxylation is 1. The summed E-state index contributed by atoms with van der Waals surface area (Å²) in [4.78, 5) is 17.9. The van der Waals surface area contributed by atoms with Gasteiger partial charge in [0, 0.05) is 43.6 Å². The zero-order valence-electron chi connectivity index (χ0n) is 21.1. The number of imidazole rings is 1. The summed E-state index contributed by atoms with van der Waals surface area (Å²) in [5.41, 5.74) is 0.393. The third-order valence-electron chi connectivity index (χ3n) is 7.16. The number of alkyl halides is 3. The highest BCUT2D eigenvalue weighted by molar-refractivity contribution is 6.10. The molecule has 0 amide bonds. The summed E-state index contributed by atoms with van der Waals surface area (Å²) >= 11 is 0. The molecule has 0 bridgehead atoms. The van der Waals surface area contributed by atoms with Gasteiger partial charge in [-0.2, -0.15) is 13.2 Å². The number of halogens is 6. The molecule has 1 aliphatic heterocycles. The first kappa shape index (κ1) is 25.9. The molecule has 0 radical (unpaired) electrons. The Bertz CT molecular complexity index is 1830. The summed E-state index contributed by atoms with van der Waals surface area (Å²) in [5.74, 6) is -5.13. The molecule has 206 valence electrons. The number of aromatic nitrogens is 3. The minimum Gasteiger partial charge on any atom is -0.382 e. The van der Waals surface area contributed by atoms with Crippen LogP contribution in [0, 0.1) is 17.5 Å². The highest BCUT2D eigenvalue weighted by atomic mass is 19.4. The van der Waals surface area contributed by atoms with Crippen LogP contribution in [0.5, 0.6) is 0 Å². The van der Waals surface area contributed by atoms with Gasteiger partial charge in [0.25, 0.3) is 0 Å². The lowest BCUT2D eigenvalue weighted by Gasteiger charge is -2.22. The van der Waals surface area contributed by atoms with Crippen molar-refractivity contribution in [2.75, 3.05) is 19.0 Å². The van der Waals surface area contributed by atoms with Crippen LogP contribution in [0.1, 0.15) is 33.0 Å². The largest absolute Gasteiger partial charge is 0.417 e. The topological polar surface area (TPSA) is 60.6 Å². The fraction of sp³-hybridized carbons (Fsp3) is 0.214. The number of rotatable bonds is 4. The van der Waals surface area contributed by atoms with Gasteiger partial charge in [0.1, 0.15) is 17.9 Å². The minimum atomic E-state index is -4.74. The SMILES string of the molecule is COCc1nc2c3c(c(C(F)(F)F)cc2n1C)-c1cccn2c(C(=O)c4cc(F)c(F)c(F)c4)cc(c12)CCN3. The van der Waals surface area contributed by atoms with Crippen molar-refractivity contribution in [2.24, 2.45) is 7.05 Å². The van der Waals surface area contributed by atoms with Crippen molar-refractivity contribution in [3.63, 3.8) is 0 Å². The lowest BCUT2D eigenvalue weighted by Crippen LogP contribution is -2.15. The maximum absolute atomic E-state index is 14.6. The Hall–Kier alpha value is -4.32. The van der Waals surface area contributed by atoms with Crippen LogP contribution in [-0.4, -0.2) is 33.4 Å². The van der Waals surface area contributed by atoms with E-state index >= 15 is 0 Å². The molecule has 0 aliphatic carbocycles. The van der Waals surface area contributed by atoms with E-state index in [0.717, 1.165) is 6.07 Å². The highest BCUT2D eigenvalue weighted by Gasteiger charge is 2.38. The molecule has 6 rings (SSSR count). The Morgan fingerprint density at radius 1 is 1.12 bits per heavy atom. The van der Waals surface area contributed by atoms with Gasteiger partial charge >= 0.3 is 6.18 Å². The zero-order chi connectivity index (χ0) is 28.5. The van der Waals surface area contributed by atoms with Crippen molar-refractivity contribution >= 4 is 28.0 Å². The van der Waals surface area contributed by atoms with Crippen LogP contribution in [-0.2, 0) is 31.0 Å². The van der Waals surface area contributed by atoms with Gasteiger partial charge in [-0.05, 0) is 42.3 Å². The third kappa shape index (κ3) is 3.85. The van der Waals surface area contributed by atoms with E-state index in [9.17, 15) is 31.1 Å². The Kier molecular flexibility index (Phi) is 5.91. The van der Waals surface area contributed by atoms with E-state index in [1.54, 1.807) is 11.6 Å². The van der Waals surface area contributed by atoms with Crippen molar-refractivity contribution in [1.29, 1.82) is 0 Å². The third-order valence-corrected chi connectivity index (χ3v) is 7.16. The average molecular weight is 558 g/mol. The number of carbonyl (C=O) groups excluding carboxylic acids is 1. The molecule has 12 heteroatoms. The van der Waals surface area contributed by atoms with Crippen LogP contribution in [0.15, 0.2) is 42.6 Å². The number of fused-ring (bicyclic) bond motifs is 4. The van der Waals surface area contributed by atoms with Crippen LogP contribution >= 0.6 is 0 Å². The van der Waals surface area contributed by atoms with Crippen LogP contribution in [0.4, 0.5) is 32.0 Å². The van der Waals surface area contributed by atoms with Crippen LogP contribution in [0.3, 0.4) is 0 Å². The number of ketones is 1. The minimum absolute atomic E-state index is 0.0319. The fourth-order valence-electron chi connectivity index (χ4n) is 5.37. The first-order valence-electron chi connectivity index (χ1n) is 12.2. The standard InChI is InChI=1S/C28H20F6N4O2/c1-37-19-11-16(28(32,33)34)22-15-4-3-7-38-20(27(39)14-8-17(29)23(31)18(30)9-14)10-13(26(15)38)5-6-35-25(22)24(19)36-21(37)12-40-2/h3-4,7-11,35H,5-6,12H2,1-2H3. The first-order valence-corrected chi connectivity index (χ1v) is 12.2. The molecule has 0 atom stereocenters. The number of nitrogens with one attached hydrogen (secondary N) is 1. The summed E-state index contributed by atoms with van der Waals surface area (Å²) in [7, 11) is 3.08. The predicted octanol–water partition coefficient (Wildman–Crippen LogP) is 6.27. The molecule has 0 spiro atoms. The van der Waals surface area contributed by atoms with E-state index in [0.29, 0.717) is 41.0 Å². The van der Waals surface area contributed by atoms with Crippen molar-refractivity contribution in [3.8, 4) is 11.1 Å². The summed E-state index contributed by atoms with van der Waals surface area (Å²) in [6.45, 7) is 0.302. The second-order valence-electron chi connectivity index (χ2n) is 9.51. The monoisotopic (exact) mass is 558 g/mol. The number of methoxy groups -OCH3 is 1. The Balaban J connectivity index is 1.65. The molecule has 3 aromatic heterocycles. The smallest absolute Gasteiger partial charge is 0.382 e. The van der Waals surface area contributed by atoms with Gasteiger partial charge in [0.2, 0.25) is 5.78 Å². The maximum Gasteiger partial charge on any atom is 0.417 e. The van der Waals surface area contributed by atoms with Crippen molar-refractivity contribution in [2.45, 2.75) is 19.2 Å². The second-order valence-corrected chi connectivity index (χ2v) is 9.51. The van der Waals surface area contributed by atoms with E-state index in [-0.39, 0.29) is 41.2 Å². The summed E-state index contributed by atoms with van der Waals surface area (Å²) in [5, 5.41) is 3.13. The molecule has 0 fully saturated rings. The number of carbonyl (C=O) groups is 1. The van der Waals surface area contributed by atoms with Gasteiger partial charge in [-0.3, -0.25) is 4.79 Å². The quantitative estimate of drug-likeness (QED) is 0.160. The molecule has 40 heavy (non-hydrogen) atoms. The maximum atomic E-state index is 14.6. The molecule has 0 saturated heterocycles. The number of anilines is 1.